The minimum Gasteiger partial charge on any atom is -0.469 e. The summed E-state index contributed by atoms with van der Waals surface area (Å²) >= 11 is 5.99. The Balaban J connectivity index is 1.63. The molecule has 5 nitrogen and oxygen atoms in total. The van der Waals surface area contributed by atoms with Gasteiger partial charge < -0.3 is 9.64 Å². The Morgan fingerprint density at radius 2 is 1.88 bits per heavy atom. The molecule has 1 aliphatic heterocycles. The van der Waals surface area contributed by atoms with E-state index in [1.54, 1.807) is 23.1 Å². The largest absolute Gasteiger partial charge is 0.469 e. The molecular weight excluding hydrogens is 443 g/mol. The second-order valence-electron chi connectivity index (χ2n) is 7.92. The van der Waals surface area contributed by atoms with Gasteiger partial charge in [0.1, 0.15) is 12.0 Å². The fourth-order valence-corrected chi connectivity index (χ4v) is 4.24. The van der Waals surface area contributed by atoms with E-state index >= 15 is 0 Å². The molecule has 3 aromatic rings. The predicted molar refractivity (Wildman–Crippen MR) is 124 cm³/mol. The van der Waals surface area contributed by atoms with Crippen LogP contribution in [0.1, 0.15) is 45.7 Å². The van der Waals surface area contributed by atoms with E-state index in [4.69, 9.17) is 16.3 Å². The van der Waals surface area contributed by atoms with Gasteiger partial charge in [-0.2, -0.15) is 0 Å². The van der Waals surface area contributed by atoms with Crippen molar-refractivity contribution in [3.05, 3.63) is 106 Å². The zero-order valence-corrected chi connectivity index (χ0v) is 18.9. The van der Waals surface area contributed by atoms with Gasteiger partial charge in [0.15, 0.2) is 0 Å². The quantitative estimate of drug-likeness (QED) is 0.471. The van der Waals surface area contributed by atoms with Gasteiger partial charge in [-0.25, -0.2) is 4.39 Å². The third kappa shape index (κ3) is 5.24. The number of amides is 1. The SMILES string of the molecule is COC(=O)C[C@H](N[C@H]1c2ccccc2C(=O)N1CCc1ccc(Cl)cc1)c1cccc(F)c1. The number of hydrogen-bond acceptors (Lipinski definition) is 4. The molecule has 0 spiro atoms. The van der Waals surface area contributed by atoms with Crippen LogP contribution in [-0.4, -0.2) is 30.4 Å². The highest BCUT2D eigenvalue weighted by atomic mass is 35.5. The summed E-state index contributed by atoms with van der Waals surface area (Å²) in [5.74, 6) is -0.915. The molecule has 2 atom stereocenters. The summed E-state index contributed by atoms with van der Waals surface area (Å²) in [6.45, 7) is 0.459. The third-order valence-corrected chi connectivity index (χ3v) is 6.07. The fraction of sp³-hybridized carbons (Fsp3) is 0.231. The van der Waals surface area contributed by atoms with Crippen LogP contribution in [0, 0.1) is 5.82 Å². The Kier molecular flexibility index (Phi) is 7.06. The van der Waals surface area contributed by atoms with E-state index in [2.05, 4.69) is 5.32 Å². The Morgan fingerprint density at radius 3 is 2.61 bits per heavy atom. The van der Waals surface area contributed by atoms with Crippen molar-refractivity contribution in [1.82, 2.24) is 10.2 Å². The van der Waals surface area contributed by atoms with Crippen molar-refractivity contribution in [2.45, 2.75) is 25.0 Å². The van der Waals surface area contributed by atoms with Crippen molar-refractivity contribution in [3.63, 3.8) is 0 Å². The smallest absolute Gasteiger partial charge is 0.307 e. The van der Waals surface area contributed by atoms with Gasteiger partial charge in [-0.1, -0.05) is 54.1 Å². The Bertz CT molecular complexity index is 1150. The minimum atomic E-state index is -0.546. The summed E-state index contributed by atoms with van der Waals surface area (Å²) in [6.07, 6.45) is 0.160. The Hall–Kier alpha value is -3.22. The van der Waals surface area contributed by atoms with Gasteiger partial charge in [0, 0.05) is 28.7 Å². The van der Waals surface area contributed by atoms with Crippen LogP contribution in [0.3, 0.4) is 0 Å². The topological polar surface area (TPSA) is 58.6 Å². The first-order valence-electron chi connectivity index (χ1n) is 10.7. The lowest BCUT2D eigenvalue weighted by Gasteiger charge is -2.30. The number of benzene rings is 3. The standard InChI is InChI=1S/C26H24ClFN2O3/c1-33-24(31)16-23(18-5-4-6-20(28)15-18)29-25-21-7-2-3-8-22(21)26(32)30(25)14-13-17-9-11-19(27)12-10-17/h2-12,15,23,25,29H,13-14,16H2,1H3/t23-,25+/m0/s1. The number of carbonyl (C=O) groups excluding carboxylic acids is 2. The maximum atomic E-state index is 14.0. The number of esters is 1. The van der Waals surface area contributed by atoms with Crippen LogP contribution in [-0.2, 0) is 16.0 Å². The summed E-state index contributed by atoms with van der Waals surface area (Å²) in [5.41, 5.74) is 3.10. The fourth-order valence-electron chi connectivity index (χ4n) is 4.12. The molecule has 170 valence electrons. The van der Waals surface area contributed by atoms with Gasteiger partial charge in [0.05, 0.1) is 13.5 Å². The van der Waals surface area contributed by atoms with Gasteiger partial charge in [0.25, 0.3) is 5.91 Å². The van der Waals surface area contributed by atoms with Gasteiger partial charge in [-0.3, -0.25) is 14.9 Å². The molecule has 0 unspecified atom stereocenters. The molecule has 0 fully saturated rings. The lowest BCUT2D eigenvalue weighted by molar-refractivity contribution is -0.141. The molecular formula is C26H24ClFN2O3. The number of carbonyl (C=O) groups is 2. The monoisotopic (exact) mass is 466 g/mol. The first kappa shape index (κ1) is 23.0. The maximum absolute atomic E-state index is 14.0. The van der Waals surface area contributed by atoms with Gasteiger partial charge in [-0.15, -0.1) is 0 Å². The zero-order valence-electron chi connectivity index (χ0n) is 18.1. The molecule has 1 amide bonds. The molecule has 3 aromatic carbocycles. The molecule has 1 N–H and O–H groups in total. The molecule has 0 radical (unpaired) electrons. The van der Waals surface area contributed by atoms with E-state index in [0.717, 1.165) is 11.1 Å². The van der Waals surface area contributed by atoms with E-state index in [9.17, 15) is 14.0 Å². The van der Waals surface area contributed by atoms with E-state index in [-0.39, 0.29) is 12.3 Å². The predicted octanol–water partition coefficient (Wildman–Crippen LogP) is 5.07. The molecule has 0 aliphatic carbocycles. The van der Waals surface area contributed by atoms with E-state index in [1.807, 2.05) is 42.5 Å². The molecule has 1 aliphatic rings. The number of rotatable bonds is 8. The van der Waals surface area contributed by atoms with Crippen LogP contribution in [0.25, 0.3) is 0 Å². The second kappa shape index (κ2) is 10.1. The molecule has 33 heavy (non-hydrogen) atoms. The lowest BCUT2D eigenvalue weighted by atomic mass is 10.0. The third-order valence-electron chi connectivity index (χ3n) is 5.82. The summed E-state index contributed by atoms with van der Waals surface area (Å²) in [4.78, 5) is 27.1. The van der Waals surface area contributed by atoms with Crippen molar-refractivity contribution >= 4 is 23.5 Å². The number of hydrogen-bond donors (Lipinski definition) is 1. The molecule has 0 saturated carbocycles. The van der Waals surface area contributed by atoms with Gasteiger partial charge in [0.2, 0.25) is 0 Å². The number of nitrogens with zero attached hydrogens (tertiary/aromatic N) is 1. The van der Waals surface area contributed by atoms with Crippen LogP contribution in [0.2, 0.25) is 5.02 Å². The summed E-state index contributed by atoms with van der Waals surface area (Å²) in [7, 11) is 1.32. The zero-order chi connectivity index (χ0) is 23.4. The van der Waals surface area contributed by atoms with E-state index in [0.29, 0.717) is 29.1 Å². The van der Waals surface area contributed by atoms with E-state index < -0.39 is 24.0 Å². The molecule has 0 bridgehead atoms. The van der Waals surface area contributed by atoms with Crippen LogP contribution >= 0.6 is 11.6 Å². The number of fused-ring (bicyclic) bond motifs is 1. The van der Waals surface area contributed by atoms with E-state index in [1.165, 1.54) is 19.2 Å². The Morgan fingerprint density at radius 1 is 1.12 bits per heavy atom. The van der Waals surface area contributed by atoms with Crippen molar-refractivity contribution in [2.24, 2.45) is 0 Å². The number of ether oxygens (including phenoxy) is 1. The lowest BCUT2D eigenvalue weighted by Crippen LogP contribution is -2.40. The first-order chi connectivity index (χ1) is 16.0. The summed E-state index contributed by atoms with van der Waals surface area (Å²) < 4.78 is 18.8. The van der Waals surface area contributed by atoms with Crippen LogP contribution in [0.4, 0.5) is 4.39 Å². The average Bonchev–Trinajstić information content (AvgIpc) is 3.09. The highest BCUT2D eigenvalue weighted by Crippen LogP contribution is 2.34. The molecule has 0 saturated heterocycles. The number of halogens is 2. The maximum Gasteiger partial charge on any atom is 0.307 e. The Labute approximate surface area is 197 Å². The second-order valence-corrected chi connectivity index (χ2v) is 8.36. The van der Waals surface area contributed by atoms with Gasteiger partial charge >= 0.3 is 5.97 Å². The van der Waals surface area contributed by atoms with Crippen molar-refractivity contribution in [3.8, 4) is 0 Å². The normalized spacial score (nSPS) is 15.9. The van der Waals surface area contributed by atoms with Gasteiger partial charge in [-0.05, 0) is 47.9 Å². The first-order valence-corrected chi connectivity index (χ1v) is 11.1. The number of nitrogens with one attached hydrogen (secondary N) is 1. The van der Waals surface area contributed by atoms with Crippen LogP contribution < -0.4 is 5.32 Å². The molecule has 1 heterocycles. The highest BCUT2D eigenvalue weighted by Gasteiger charge is 2.37. The summed E-state index contributed by atoms with van der Waals surface area (Å²) in [6, 6.07) is 20.5. The average molecular weight is 467 g/mol. The molecule has 7 heteroatoms. The van der Waals surface area contributed by atoms with Crippen molar-refractivity contribution in [1.29, 1.82) is 0 Å². The van der Waals surface area contributed by atoms with Crippen molar-refractivity contribution < 1.29 is 18.7 Å². The minimum absolute atomic E-state index is 0.00215. The van der Waals surface area contributed by atoms with Crippen LogP contribution in [0.5, 0.6) is 0 Å². The molecule has 4 rings (SSSR count). The molecule has 0 aromatic heterocycles. The number of methoxy groups -OCH3 is 1. The van der Waals surface area contributed by atoms with Crippen molar-refractivity contribution in [2.75, 3.05) is 13.7 Å². The van der Waals surface area contributed by atoms with Crippen LogP contribution in [0.15, 0.2) is 72.8 Å². The highest BCUT2D eigenvalue weighted by molar-refractivity contribution is 6.30. The summed E-state index contributed by atoms with van der Waals surface area (Å²) in [5, 5.41) is 4.08.